The van der Waals surface area contributed by atoms with Gasteiger partial charge in [-0.15, -0.1) is 0 Å². The van der Waals surface area contributed by atoms with Gasteiger partial charge in [0.15, 0.2) is 11.5 Å². The summed E-state index contributed by atoms with van der Waals surface area (Å²) in [4.78, 5) is 16.0. The molecule has 1 atom stereocenters. The van der Waals surface area contributed by atoms with Gasteiger partial charge in [0.1, 0.15) is 5.75 Å². The molecule has 0 saturated heterocycles. The van der Waals surface area contributed by atoms with Crippen LogP contribution in [-0.4, -0.2) is 17.8 Å². The molecule has 1 amide bonds. The predicted octanol–water partition coefficient (Wildman–Crippen LogP) is 5.39. The van der Waals surface area contributed by atoms with Gasteiger partial charge in [0.2, 0.25) is 12.7 Å². The number of anilines is 1. The number of phenols is 1. The van der Waals surface area contributed by atoms with E-state index in [2.05, 4.69) is 0 Å². The molecule has 4 aromatic rings. The van der Waals surface area contributed by atoms with Gasteiger partial charge >= 0.3 is 0 Å². The fourth-order valence-electron chi connectivity index (χ4n) is 4.85. The molecular weight excluding hydrogens is 414 g/mol. The summed E-state index contributed by atoms with van der Waals surface area (Å²) in [5, 5.41) is 10.8. The first-order valence-electron chi connectivity index (χ1n) is 10.9. The van der Waals surface area contributed by atoms with Crippen molar-refractivity contribution in [1.82, 2.24) is 0 Å². The summed E-state index contributed by atoms with van der Waals surface area (Å²) in [6.45, 7) is 0.101. The summed E-state index contributed by atoms with van der Waals surface area (Å²) >= 11 is 0. The third kappa shape index (κ3) is 3.12. The zero-order chi connectivity index (χ0) is 22.4. The van der Waals surface area contributed by atoms with Gasteiger partial charge in [-0.25, -0.2) is 0 Å². The van der Waals surface area contributed by atoms with Crippen LogP contribution in [0.1, 0.15) is 34.2 Å². The molecule has 2 heterocycles. The summed E-state index contributed by atoms with van der Waals surface area (Å²) in [6.07, 6.45) is 0. The number of fused-ring (bicyclic) bond motifs is 2. The minimum absolute atomic E-state index is 0.0187. The van der Waals surface area contributed by atoms with Gasteiger partial charge in [0.05, 0.1) is 12.0 Å². The van der Waals surface area contributed by atoms with E-state index >= 15 is 0 Å². The molecule has 5 nitrogen and oxygen atoms in total. The lowest BCUT2D eigenvalue weighted by atomic mass is 9.91. The number of carbonyl (C=O) groups is 1. The third-order valence-electron chi connectivity index (χ3n) is 6.31. The van der Waals surface area contributed by atoms with Crippen LogP contribution in [0.3, 0.4) is 0 Å². The smallest absolute Gasteiger partial charge is 0.240 e. The van der Waals surface area contributed by atoms with Gasteiger partial charge in [-0.05, 0) is 28.8 Å². The first-order valence-corrected chi connectivity index (χ1v) is 10.9. The molecule has 2 aliphatic rings. The van der Waals surface area contributed by atoms with E-state index in [0.717, 1.165) is 22.4 Å². The third-order valence-corrected chi connectivity index (χ3v) is 6.31. The Balaban J connectivity index is 1.53. The minimum atomic E-state index is -0.648. The number of nitrogens with zero attached hydrogens (tertiary/aromatic N) is 1. The number of aromatic hydroxyl groups is 1. The van der Waals surface area contributed by atoms with Crippen LogP contribution < -0.4 is 14.4 Å². The molecule has 2 aliphatic heterocycles. The minimum Gasteiger partial charge on any atom is -0.507 e. The van der Waals surface area contributed by atoms with Crippen LogP contribution in [0, 0.1) is 0 Å². The van der Waals surface area contributed by atoms with Crippen molar-refractivity contribution in [3.05, 3.63) is 119 Å². The van der Waals surface area contributed by atoms with E-state index in [0.29, 0.717) is 17.1 Å². The van der Waals surface area contributed by atoms with Gasteiger partial charge in [0, 0.05) is 17.3 Å². The van der Waals surface area contributed by atoms with Crippen molar-refractivity contribution in [1.29, 1.82) is 0 Å². The van der Waals surface area contributed by atoms with Crippen molar-refractivity contribution in [3.63, 3.8) is 0 Å². The van der Waals surface area contributed by atoms with Gasteiger partial charge in [-0.1, -0.05) is 78.9 Å². The Hall–Kier alpha value is -4.25. The molecule has 6 rings (SSSR count). The van der Waals surface area contributed by atoms with Gasteiger partial charge in [0.25, 0.3) is 0 Å². The molecule has 0 fully saturated rings. The van der Waals surface area contributed by atoms with Crippen molar-refractivity contribution in [2.45, 2.75) is 12.0 Å². The molecular formula is C28H21NO4. The fourth-order valence-corrected chi connectivity index (χ4v) is 4.85. The Kier molecular flexibility index (Phi) is 4.54. The second-order valence-corrected chi connectivity index (χ2v) is 8.19. The summed E-state index contributed by atoms with van der Waals surface area (Å²) in [6, 6.07) is 30.8. The van der Waals surface area contributed by atoms with Crippen LogP contribution in [0.4, 0.5) is 5.69 Å². The normalized spacial score (nSPS) is 16.3. The highest BCUT2D eigenvalue weighted by Gasteiger charge is 2.43. The Morgan fingerprint density at radius 3 is 2.00 bits per heavy atom. The second-order valence-electron chi connectivity index (χ2n) is 8.19. The van der Waals surface area contributed by atoms with E-state index in [-0.39, 0.29) is 24.5 Å². The number of para-hydroxylation sites is 1. The molecule has 0 spiro atoms. The zero-order valence-corrected chi connectivity index (χ0v) is 17.7. The summed E-state index contributed by atoms with van der Waals surface area (Å²) in [7, 11) is 0. The lowest BCUT2D eigenvalue weighted by Crippen LogP contribution is -2.34. The molecule has 4 aromatic carbocycles. The molecule has 0 aromatic heterocycles. The quantitative estimate of drug-likeness (QED) is 0.467. The number of carbonyl (C=O) groups excluding carboxylic acids is 1. The average Bonchev–Trinajstić information content (AvgIpc) is 3.42. The molecule has 0 bridgehead atoms. The first kappa shape index (κ1) is 19.4. The maximum Gasteiger partial charge on any atom is 0.240 e. The fraction of sp³-hybridized carbons (Fsp3) is 0.107. The molecule has 0 radical (unpaired) electrons. The number of amides is 1. The lowest BCUT2D eigenvalue weighted by Gasteiger charge is -2.30. The van der Waals surface area contributed by atoms with Crippen LogP contribution in [0.25, 0.3) is 0 Å². The number of hydrogen-bond acceptors (Lipinski definition) is 4. The molecule has 1 N–H and O–H groups in total. The summed E-state index contributed by atoms with van der Waals surface area (Å²) in [5.41, 5.74) is 4.24. The zero-order valence-electron chi connectivity index (χ0n) is 17.7. The second kappa shape index (κ2) is 7.71. The van der Waals surface area contributed by atoms with E-state index in [1.807, 2.05) is 89.8 Å². The van der Waals surface area contributed by atoms with Crippen LogP contribution in [0.5, 0.6) is 17.2 Å². The number of hydrogen-bond donors (Lipinski definition) is 1. The number of benzene rings is 4. The van der Waals surface area contributed by atoms with E-state index in [1.165, 1.54) is 6.07 Å². The molecule has 0 saturated carbocycles. The standard InChI is InChI=1S/C28H21NO4/c30-23-16-25-24(32-17-33-25)15-21(23)26-20-13-7-8-14-22(20)29(28(26)31)27(18-9-3-1-4-10-18)19-11-5-2-6-12-19/h1-16,26-27,30H,17H2. The molecule has 0 aliphatic carbocycles. The molecule has 1 unspecified atom stereocenters. The van der Waals surface area contributed by atoms with Crippen LogP contribution in [0.2, 0.25) is 0 Å². The molecule has 33 heavy (non-hydrogen) atoms. The highest BCUT2D eigenvalue weighted by molar-refractivity contribution is 6.08. The molecule has 5 heteroatoms. The van der Waals surface area contributed by atoms with Crippen molar-refractivity contribution >= 4 is 11.6 Å². The topological polar surface area (TPSA) is 59.0 Å². The number of phenolic OH excluding ortho intramolecular Hbond substituents is 1. The summed E-state index contributed by atoms with van der Waals surface area (Å²) < 4.78 is 10.9. The average molecular weight is 435 g/mol. The highest BCUT2D eigenvalue weighted by Crippen LogP contribution is 2.50. The summed E-state index contributed by atoms with van der Waals surface area (Å²) in [5.74, 6) is 0.298. The predicted molar refractivity (Wildman–Crippen MR) is 125 cm³/mol. The molecule has 162 valence electrons. The SMILES string of the molecule is O=C1C(c2cc3c(cc2O)OCO3)c2ccccc2N1C(c1ccccc1)c1ccccc1. The number of ether oxygens (including phenoxy) is 2. The Labute approximate surface area is 191 Å². The van der Waals surface area contributed by atoms with Crippen LogP contribution >= 0.6 is 0 Å². The maximum atomic E-state index is 14.1. The van der Waals surface area contributed by atoms with E-state index < -0.39 is 5.92 Å². The van der Waals surface area contributed by atoms with Crippen molar-refractivity contribution in [2.24, 2.45) is 0 Å². The maximum absolute atomic E-state index is 14.1. The Morgan fingerprint density at radius 2 is 1.33 bits per heavy atom. The van der Waals surface area contributed by atoms with Gasteiger partial charge in [-0.3, -0.25) is 9.69 Å². The van der Waals surface area contributed by atoms with E-state index in [4.69, 9.17) is 9.47 Å². The van der Waals surface area contributed by atoms with Crippen molar-refractivity contribution in [3.8, 4) is 17.2 Å². The van der Waals surface area contributed by atoms with Crippen molar-refractivity contribution < 1.29 is 19.4 Å². The van der Waals surface area contributed by atoms with Crippen molar-refractivity contribution in [2.75, 3.05) is 11.7 Å². The Morgan fingerprint density at radius 1 is 0.758 bits per heavy atom. The lowest BCUT2D eigenvalue weighted by molar-refractivity contribution is -0.118. The largest absolute Gasteiger partial charge is 0.507 e. The van der Waals surface area contributed by atoms with Crippen LogP contribution in [0.15, 0.2) is 97.1 Å². The van der Waals surface area contributed by atoms with Gasteiger partial charge in [-0.2, -0.15) is 0 Å². The number of rotatable bonds is 4. The van der Waals surface area contributed by atoms with E-state index in [1.54, 1.807) is 6.07 Å². The monoisotopic (exact) mass is 435 g/mol. The van der Waals surface area contributed by atoms with Gasteiger partial charge < -0.3 is 14.6 Å². The Bertz CT molecular complexity index is 1300. The highest BCUT2D eigenvalue weighted by atomic mass is 16.7. The van der Waals surface area contributed by atoms with E-state index in [9.17, 15) is 9.90 Å². The van der Waals surface area contributed by atoms with Crippen LogP contribution in [-0.2, 0) is 4.79 Å². The first-order chi connectivity index (χ1) is 16.2.